The monoisotopic (exact) mass is 319 g/mol. The van der Waals surface area contributed by atoms with E-state index in [0.29, 0.717) is 23.1 Å². The first kappa shape index (κ1) is 14.1. The van der Waals surface area contributed by atoms with Gasteiger partial charge in [0.05, 0.1) is 12.8 Å². The third-order valence-electron chi connectivity index (χ3n) is 3.49. The molecule has 0 atom stereocenters. The molecule has 0 saturated heterocycles. The number of rotatable bonds is 4. The summed E-state index contributed by atoms with van der Waals surface area (Å²) in [5, 5.41) is 11.2. The number of aromatic amines is 1. The van der Waals surface area contributed by atoms with Crippen LogP contribution in [0.25, 0.3) is 34.4 Å². The van der Waals surface area contributed by atoms with Gasteiger partial charge in [0, 0.05) is 11.8 Å². The molecule has 0 bridgehead atoms. The van der Waals surface area contributed by atoms with Crippen LogP contribution in [0.3, 0.4) is 0 Å². The van der Waals surface area contributed by atoms with Crippen molar-refractivity contribution in [3.05, 3.63) is 54.7 Å². The summed E-state index contributed by atoms with van der Waals surface area (Å²) in [6.07, 6.45) is 1.68. The molecule has 7 heteroatoms. The maximum Gasteiger partial charge on any atom is 0.276 e. The number of hydrogen-bond acceptors (Lipinski definition) is 6. The van der Waals surface area contributed by atoms with Gasteiger partial charge >= 0.3 is 0 Å². The fourth-order valence-electron chi connectivity index (χ4n) is 2.29. The number of aromatic nitrogens is 5. The smallest absolute Gasteiger partial charge is 0.276 e. The van der Waals surface area contributed by atoms with Crippen molar-refractivity contribution in [1.82, 2.24) is 25.3 Å². The van der Waals surface area contributed by atoms with Crippen LogP contribution < -0.4 is 4.74 Å². The number of methoxy groups -OCH3 is 1. The van der Waals surface area contributed by atoms with Crippen molar-refractivity contribution in [2.24, 2.45) is 0 Å². The summed E-state index contributed by atoms with van der Waals surface area (Å²) in [5.41, 5.74) is 2.99. The minimum Gasteiger partial charge on any atom is -0.497 e. The van der Waals surface area contributed by atoms with Crippen molar-refractivity contribution in [3.63, 3.8) is 0 Å². The Labute approximate surface area is 137 Å². The number of hydrogen-bond donors (Lipinski definition) is 1. The van der Waals surface area contributed by atoms with Crippen molar-refractivity contribution in [3.8, 4) is 40.1 Å². The second kappa shape index (κ2) is 5.96. The predicted molar refractivity (Wildman–Crippen MR) is 87.1 cm³/mol. The van der Waals surface area contributed by atoms with E-state index in [1.807, 2.05) is 48.5 Å². The fourth-order valence-corrected chi connectivity index (χ4v) is 2.29. The minimum atomic E-state index is 0.359. The zero-order valence-electron chi connectivity index (χ0n) is 12.8. The van der Waals surface area contributed by atoms with Crippen LogP contribution in [0.5, 0.6) is 5.75 Å². The summed E-state index contributed by atoms with van der Waals surface area (Å²) in [5.74, 6) is 1.56. The molecule has 0 aliphatic carbocycles. The highest BCUT2D eigenvalue weighted by molar-refractivity contribution is 5.66. The topological polar surface area (TPSA) is 89.7 Å². The average Bonchev–Trinajstić information content (AvgIpc) is 3.32. The lowest BCUT2D eigenvalue weighted by Gasteiger charge is -2.00. The summed E-state index contributed by atoms with van der Waals surface area (Å²) < 4.78 is 10.5. The van der Waals surface area contributed by atoms with Crippen molar-refractivity contribution >= 4 is 0 Å². The Morgan fingerprint density at radius 3 is 2.83 bits per heavy atom. The molecule has 0 amide bonds. The first-order chi connectivity index (χ1) is 11.8. The van der Waals surface area contributed by atoms with Crippen molar-refractivity contribution in [2.45, 2.75) is 0 Å². The van der Waals surface area contributed by atoms with Crippen LogP contribution in [0.1, 0.15) is 0 Å². The first-order valence-corrected chi connectivity index (χ1v) is 7.29. The van der Waals surface area contributed by atoms with Crippen LogP contribution in [-0.4, -0.2) is 32.4 Å². The van der Waals surface area contributed by atoms with E-state index in [9.17, 15) is 0 Å². The van der Waals surface area contributed by atoms with Gasteiger partial charge in [-0.2, -0.15) is 10.1 Å². The molecule has 0 radical (unpaired) electrons. The number of H-pyrrole nitrogens is 1. The molecule has 4 rings (SSSR count). The van der Waals surface area contributed by atoms with Gasteiger partial charge in [-0.1, -0.05) is 23.4 Å². The van der Waals surface area contributed by atoms with E-state index < -0.39 is 0 Å². The van der Waals surface area contributed by atoms with Gasteiger partial charge in [0.1, 0.15) is 17.1 Å². The van der Waals surface area contributed by atoms with Gasteiger partial charge in [0.2, 0.25) is 5.82 Å². The second-order valence-corrected chi connectivity index (χ2v) is 5.04. The Morgan fingerprint density at radius 1 is 1.04 bits per heavy atom. The van der Waals surface area contributed by atoms with Gasteiger partial charge in [-0.05, 0) is 30.3 Å². The molecule has 0 fully saturated rings. The van der Waals surface area contributed by atoms with Gasteiger partial charge < -0.3 is 9.26 Å². The van der Waals surface area contributed by atoms with Gasteiger partial charge in [-0.3, -0.25) is 10.1 Å². The molecule has 0 aliphatic rings. The van der Waals surface area contributed by atoms with E-state index in [1.54, 1.807) is 13.3 Å². The summed E-state index contributed by atoms with van der Waals surface area (Å²) in [6.45, 7) is 0. The molecule has 24 heavy (non-hydrogen) atoms. The molecule has 0 spiro atoms. The Morgan fingerprint density at radius 2 is 2.00 bits per heavy atom. The molecule has 3 heterocycles. The van der Waals surface area contributed by atoms with Gasteiger partial charge in [-0.25, -0.2) is 0 Å². The van der Waals surface area contributed by atoms with E-state index in [2.05, 4.69) is 25.3 Å². The Kier molecular flexibility index (Phi) is 3.51. The lowest BCUT2D eigenvalue weighted by molar-refractivity contribution is 0.415. The third kappa shape index (κ3) is 2.63. The highest BCUT2D eigenvalue weighted by atomic mass is 16.5. The minimum absolute atomic E-state index is 0.359. The molecule has 1 N–H and O–H groups in total. The van der Waals surface area contributed by atoms with Crippen molar-refractivity contribution < 1.29 is 9.26 Å². The SMILES string of the molecule is COc1cccc(-c2cc(-c3nc(-c4ccccn4)no3)[nH]n2)c1. The fraction of sp³-hybridized carbons (Fsp3) is 0.0588. The molecular weight excluding hydrogens is 306 g/mol. The number of benzene rings is 1. The highest BCUT2D eigenvalue weighted by Gasteiger charge is 2.14. The van der Waals surface area contributed by atoms with Gasteiger partial charge in [0.25, 0.3) is 5.89 Å². The number of ether oxygens (including phenoxy) is 1. The zero-order valence-corrected chi connectivity index (χ0v) is 12.8. The molecule has 1 aromatic carbocycles. The second-order valence-electron chi connectivity index (χ2n) is 5.04. The predicted octanol–water partition coefficient (Wildman–Crippen LogP) is 3.20. The molecule has 7 nitrogen and oxygen atoms in total. The van der Waals surface area contributed by atoms with E-state index >= 15 is 0 Å². The molecule has 4 aromatic rings. The molecular formula is C17H13N5O2. The Balaban J connectivity index is 1.64. The number of nitrogens with zero attached hydrogens (tertiary/aromatic N) is 4. The summed E-state index contributed by atoms with van der Waals surface area (Å²) in [6, 6.07) is 15.0. The molecule has 0 saturated carbocycles. The van der Waals surface area contributed by atoms with E-state index in [4.69, 9.17) is 9.26 Å². The van der Waals surface area contributed by atoms with E-state index in [1.165, 1.54) is 0 Å². The summed E-state index contributed by atoms with van der Waals surface area (Å²) >= 11 is 0. The number of pyridine rings is 1. The molecule has 0 unspecified atom stereocenters. The van der Waals surface area contributed by atoms with Crippen molar-refractivity contribution in [1.29, 1.82) is 0 Å². The average molecular weight is 319 g/mol. The zero-order chi connectivity index (χ0) is 16.4. The third-order valence-corrected chi connectivity index (χ3v) is 3.49. The van der Waals surface area contributed by atoms with Gasteiger partial charge in [-0.15, -0.1) is 0 Å². The lowest BCUT2D eigenvalue weighted by atomic mass is 10.1. The maximum absolute atomic E-state index is 5.30. The van der Waals surface area contributed by atoms with Crippen LogP contribution in [0, 0.1) is 0 Å². The highest BCUT2D eigenvalue weighted by Crippen LogP contribution is 2.26. The Bertz CT molecular complexity index is 962. The van der Waals surface area contributed by atoms with E-state index in [0.717, 1.165) is 17.0 Å². The van der Waals surface area contributed by atoms with Gasteiger partial charge in [0.15, 0.2) is 0 Å². The lowest BCUT2D eigenvalue weighted by Crippen LogP contribution is -1.84. The molecule has 3 aromatic heterocycles. The quantitative estimate of drug-likeness (QED) is 0.621. The molecule has 118 valence electrons. The summed E-state index contributed by atoms with van der Waals surface area (Å²) in [7, 11) is 1.63. The normalized spacial score (nSPS) is 10.7. The van der Waals surface area contributed by atoms with Crippen LogP contribution in [0.15, 0.2) is 59.3 Å². The van der Waals surface area contributed by atoms with Crippen LogP contribution >= 0.6 is 0 Å². The molecule has 0 aliphatic heterocycles. The standard InChI is InChI=1S/C17H13N5O2/c1-23-12-6-4-5-11(9-12)14-10-15(21-20-14)17-19-16(22-24-17)13-7-2-3-8-18-13/h2-10H,1H3,(H,20,21). The van der Waals surface area contributed by atoms with Crippen LogP contribution in [-0.2, 0) is 0 Å². The largest absolute Gasteiger partial charge is 0.497 e. The first-order valence-electron chi connectivity index (χ1n) is 7.29. The summed E-state index contributed by atoms with van der Waals surface area (Å²) in [4.78, 5) is 8.56. The number of nitrogens with one attached hydrogen (secondary N) is 1. The van der Waals surface area contributed by atoms with Crippen LogP contribution in [0.2, 0.25) is 0 Å². The van der Waals surface area contributed by atoms with Crippen LogP contribution in [0.4, 0.5) is 0 Å². The van der Waals surface area contributed by atoms with E-state index in [-0.39, 0.29) is 0 Å². The Hall–Kier alpha value is -3.48. The van der Waals surface area contributed by atoms with Crippen molar-refractivity contribution in [2.75, 3.05) is 7.11 Å². The maximum atomic E-state index is 5.30.